The van der Waals surface area contributed by atoms with E-state index in [2.05, 4.69) is 46.8 Å². The number of halogens is 2. The van der Waals surface area contributed by atoms with Crippen LogP contribution in [0.25, 0.3) is 11.3 Å². The highest BCUT2D eigenvalue weighted by molar-refractivity contribution is 9.13. The molecule has 1 amide bonds. The van der Waals surface area contributed by atoms with Crippen LogP contribution in [-0.4, -0.2) is 32.8 Å². The molecule has 19 heavy (non-hydrogen) atoms. The number of nitrogens with two attached hydrogens (primary N) is 1. The lowest BCUT2D eigenvalue weighted by Gasteiger charge is -2.14. The Bertz CT molecular complexity index is 697. The van der Waals surface area contributed by atoms with Crippen molar-refractivity contribution < 1.29 is 4.79 Å². The molecule has 0 bridgehead atoms. The predicted molar refractivity (Wildman–Crippen MR) is 77.4 cm³/mol. The average molecular weight is 387 g/mol. The van der Waals surface area contributed by atoms with Crippen molar-refractivity contribution in [2.24, 2.45) is 0 Å². The third-order valence-corrected chi connectivity index (χ3v) is 4.90. The number of nitrogen functional groups attached to an aromatic ring is 1. The van der Waals surface area contributed by atoms with Crippen molar-refractivity contribution in [1.82, 2.24) is 19.9 Å². The molecule has 0 fully saturated rings. The van der Waals surface area contributed by atoms with Crippen LogP contribution in [0, 0.1) is 0 Å². The Labute approximate surface area is 125 Å². The molecule has 0 radical (unpaired) electrons. The van der Waals surface area contributed by atoms with Gasteiger partial charge < -0.3 is 15.6 Å². The molecule has 8 heteroatoms. The highest BCUT2D eigenvalue weighted by atomic mass is 79.9. The number of aromatic nitrogens is 3. The zero-order valence-corrected chi connectivity index (χ0v) is 13.0. The first-order valence-electron chi connectivity index (χ1n) is 5.43. The fourth-order valence-electron chi connectivity index (χ4n) is 2.10. The molecule has 0 spiro atoms. The Balaban J connectivity index is 2.38. The summed E-state index contributed by atoms with van der Waals surface area (Å²) in [7, 11) is 1.74. The Kier molecular flexibility index (Phi) is 2.86. The zero-order chi connectivity index (χ0) is 13.7. The molecule has 0 saturated carbocycles. The first-order chi connectivity index (χ1) is 8.99. The molecular weight excluding hydrogens is 378 g/mol. The van der Waals surface area contributed by atoms with Gasteiger partial charge in [0.05, 0.1) is 14.8 Å². The quantitative estimate of drug-likeness (QED) is 0.726. The van der Waals surface area contributed by atoms with E-state index in [1.165, 1.54) is 0 Å². The number of amides is 1. The van der Waals surface area contributed by atoms with Gasteiger partial charge in [-0.05, 0) is 31.9 Å². The summed E-state index contributed by atoms with van der Waals surface area (Å²) < 4.78 is 1.45. The van der Waals surface area contributed by atoms with Crippen molar-refractivity contribution in [1.29, 1.82) is 0 Å². The second-order valence-corrected chi connectivity index (χ2v) is 5.85. The fraction of sp³-hybridized carbons (Fsp3) is 0.182. The Morgan fingerprint density at radius 3 is 2.95 bits per heavy atom. The summed E-state index contributed by atoms with van der Waals surface area (Å²) in [5.74, 6) is 0.0869. The van der Waals surface area contributed by atoms with Crippen molar-refractivity contribution in [3.8, 4) is 11.3 Å². The van der Waals surface area contributed by atoms with E-state index in [0.717, 1.165) is 10.0 Å². The van der Waals surface area contributed by atoms with Gasteiger partial charge >= 0.3 is 0 Å². The number of carbonyl (C=O) groups is 1. The van der Waals surface area contributed by atoms with E-state index in [0.29, 0.717) is 28.1 Å². The maximum atomic E-state index is 12.3. The van der Waals surface area contributed by atoms with Gasteiger partial charge in [-0.1, -0.05) is 0 Å². The number of fused-ring (bicyclic) bond motifs is 3. The first kappa shape index (κ1) is 12.6. The van der Waals surface area contributed by atoms with Crippen molar-refractivity contribution >= 4 is 43.7 Å². The van der Waals surface area contributed by atoms with Crippen LogP contribution >= 0.6 is 31.9 Å². The summed E-state index contributed by atoms with van der Waals surface area (Å²) in [6, 6.07) is 0. The predicted octanol–water partition coefficient (Wildman–Crippen LogP) is 2.16. The molecule has 6 nitrogen and oxygen atoms in total. The summed E-state index contributed by atoms with van der Waals surface area (Å²) in [5, 5.41) is 0. The molecule has 0 unspecified atom stereocenters. The first-order valence-corrected chi connectivity index (χ1v) is 7.02. The summed E-state index contributed by atoms with van der Waals surface area (Å²) in [6.45, 7) is 0.445. The third kappa shape index (κ3) is 1.86. The van der Waals surface area contributed by atoms with Gasteiger partial charge in [0.2, 0.25) is 5.95 Å². The fourth-order valence-corrected chi connectivity index (χ4v) is 2.98. The second-order valence-electron chi connectivity index (χ2n) is 4.27. The molecule has 98 valence electrons. The molecule has 0 saturated heterocycles. The monoisotopic (exact) mass is 385 g/mol. The maximum absolute atomic E-state index is 12.3. The summed E-state index contributed by atoms with van der Waals surface area (Å²) >= 11 is 6.83. The van der Waals surface area contributed by atoms with Gasteiger partial charge in [-0.3, -0.25) is 4.79 Å². The minimum absolute atomic E-state index is 0.0991. The number of hydrogen-bond acceptors (Lipinski definition) is 4. The number of carbonyl (C=O) groups excluding carboxylic acids is 1. The van der Waals surface area contributed by atoms with Crippen molar-refractivity contribution in [3.05, 3.63) is 26.5 Å². The van der Waals surface area contributed by atoms with Gasteiger partial charge in [-0.25, -0.2) is 9.97 Å². The van der Waals surface area contributed by atoms with Gasteiger partial charge in [0.15, 0.2) is 0 Å². The topological polar surface area (TPSA) is 87.9 Å². The lowest BCUT2D eigenvalue weighted by atomic mass is 10.1. The van der Waals surface area contributed by atoms with Gasteiger partial charge in [0, 0.05) is 30.9 Å². The van der Waals surface area contributed by atoms with E-state index in [1.54, 1.807) is 18.1 Å². The lowest BCUT2D eigenvalue weighted by molar-refractivity contribution is 0.0783. The SMILES string of the molecule is CN1Cc2cnc(N)nc2-c2c([nH]c(Br)c2Br)C1=O. The molecule has 3 rings (SSSR count). The van der Waals surface area contributed by atoms with Gasteiger partial charge in [0.1, 0.15) is 5.69 Å². The van der Waals surface area contributed by atoms with Crippen LogP contribution in [0.4, 0.5) is 5.95 Å². The van der Waals surface area contributed by atoms with Crippen molar-refractivity contribution in [3.63, 3.8) is 0 Å². The minimum atomic E-state index is -0.0991. The highest BCUT2D eigenvalue weighted by Crippen LogP contribution is 2.40. The van der Waals surface area contributed by atoms with Gasteiger partial charge in [-0.2, -0.15) is 0 Å². The number of hydrogen-bond donors (Lipinski definition) is 2. The average Bonchev–Trinajstić information content (AvgIpc) is 2.62. The van der Waals surface area contributed by atoms with Crippen LogP contribution in [0.15, 0.2) is 15.3 Å². The number of nitrogens with one attached hydrogen (secondary N) is 1. The van der Waals surface area contributed by atoms with Gasteiger partial charge in [-0.15, -0.1) is 0 Å². The van der Waals surface area contributed by atoms with Crippen LogP contribution in [-0.2, 0) is 6.54 Å². The normalized spacial score (nSPS) is 14.1. The van der Waals surface area contributed by atoms with Crippen molar-refractivity contribution in [2.45, 2.75) is 6.54 Å². The lowest BCUT2D eigenvalue weighted by Crippen LogP contribution is -2.25. The van der Waals surface area contributed by atoms with Crippen LogP contribution < -0.4 is 5.73 Å². The standard InChI is InChI=1S/C11H9Br2N5O/c1-18-3-4-2-15-11(14)17-7(4)5-6(12)9(13)16-8(5)10(18)19/h2,16H,3H2,1H3,(H2,14,15,17). The molecule has 1 aliphatic rings. The third-order valence-electron chi connectivity index (χ3n) is 2.98. The summed E-state index contributed by atoms with van der Waals surface area (Å²) in [6.07, 6.45) is 1.66. The number of aromatic amines is 1. The molecular formula is C11H9Br2N5O. The van der Waals surface area contributed by atoms with E-state index < -0.39 is 0 Å². The number of anilines is 1. The molecule has 3 heterocycles. The highest BCUT2D eigenvalue weighted by Gasteiger charge is 2.30. The summed E-state index contributed by atoms with van der Waals surface area (Å²) in [4.78, 5) is 25.2. The van der Waals surface area contributed by atoms with E-state index >= 15 is 0 Å². The van der Waals surface area contributed by atoms with Crippen LogP contribution in [0.3, 0.4) is 0 Å². The van der Waals surface area contributed by atoms with Crippen LogP contribution in [0.5, 0.6) is 0 Å². The van der Waals surface area contributed by atoms with Crippen LogP contribution in [0.2, 0.25) is 0 Å². The van der Waals surface area contributed by atoms with Crippen molar-refractivity contribution in [2.75, 3.05) is 12.8 Å². The molecule has 0 aliphatic carbocycles. The maximum Gasteiger partial charge on any atom is 0.271 e. The van der Waals surface area contributed by atoms with Crippen LogP contribution in [0.1, 0.15) is 16.1 Å². The Hall–Kier alpha value is -1.41. The van der Waals surface area contributed by atoms with E-state index in [9.17, 15) is 4.79 Å². The number of nitrogens with zero attached hydrogens (tertiary/aromatic N) is 3. The second kappa shape index (κ2) is 4.31. The Morgan fingerprint density at radius 1 is 1.47 bits per heavy atom. The summed E-state index contributed by atoms with van der Waals surface area (Å²) in [5.41, 5.74) is 8.39. The molecule has 2 aromatic heterocycles. The molecule has 3 N–H and O–H groups in total. The number of H-pyrrole nitrogens is 1. The smallest absolute Gasteiger partial charge is 0.271 e. The minimum Gasteiger partial charge on any atom is -0.368 e. The van der Waals surface area contributed by atoms with Gasteiger partial charge in [0.25, 0.3) is 5.91 Å². The molecule has 1 aliphatic heterocycles. The molecule has 0 aromatic carbocycles. The van der Waals surface area contributed by atoms with E-state index in [-0.39, 0.29) is 11.9 Å². The number of rotatable bonds is 0. The largest absolute Gasteiger partial charge is 0.368 e. The molecule has 0 atom stereocenters. The Morgan fingerprint density at radius 2 is 2.21 bits per heavy atom. The van der Waals surface area contributed by atoms with E-state index in [4.69, 9.17) is 5.73 Å². The zero-order valence-electron chi connectivity index (χ0n) is 9.87. The molecule has 2 aromatic rings. The van der Waals surface area contributed by atoms with E-state index in [1.807, 2.05) is 0 Å².